The monoisotopic (exact) mass is 377 g/mol. The van der Waals surface area contributed by atoms with E-state index in [2.05, 4.69) is 58.8 Å². The van der Waals surface area contributed by atoms with Crippen LogP contribution < -0.4 is 10.2 Å². The van der Waals surface area contributed by atoms with Crippen LogP contribution in [0.2, 0.25) is 0 Å². The van der Waals surface area contributed by atoms with Crippen LogP contribution in [0.25, 0.3) is 10.9 Å². The highest BCUT2D eigenvalue weighted by molar-refractivity contribution is 5.98. The topological polar surface area (TPSA) is 46.5 Å². The Bertz CT molecular complexity index is 945. The van der Waals surface area contributed by atoms with Crippen LogP contribution in [0.15, 0.2) is 24.4 Å². The average Bonchev–Trinajstić information content (AvgIpc) is 3.00. The number of rotatable bonds is 5. The molecule has 1 aromatic carbocycles. The first-order valence-electron chi connectivity index (χ1n) is 9.56. The number of ether oxygens (including phenoxy) is 1. The summed E-state index contributed by atoms with van der Waals surface area (Å²) in [7, 11) is 1.98. The summed E-state index contributed by atoms with van der Waals surface area (Å²) in [6.45, 7) is 5.22. The van der Waals surface area contributed by atoms with Crippen LogP contribution in [0.3, 0.4) is 0 Å². The van der Waals surface area contributed by atoms with Crippen LogP contribution in [-0.2, 0) is 22.5 Å². The van der Waals surface area contributed by atoms with Crippen LogP contribution >= 0.6 is 0 Å². The zero-order valence-corrected chi connectivity index (χ0v) is 16.7. The van der Waals surface area contributed by atoms with E-state index in [1.165, 1.54) is 0 Å². The molecular formula is C23H27N3O2. The van der Waals surface area contributed by atoms with Gasteiger partial charge < -0.3 is 19.5 Å². The lowest BCUT2D eigenvalue weighted by molar-refractivity contribution is -0.124. The van der Waals surface area contributed by atoms with Gasteiger partial charge in [-0.3, -0.25) is 4.79 Å². The van der Waals surface area contributed by atoms with Crippen molar-refractivity contribution in [3.05, 3.63) is 30.0 Å². The third-order valence-electron chi connectivity index (χ3n) is 5.24. The summed E-state index contributed by atoms with van der Waals surface area (Å²) in [4.78, 5) is 15.2. The van der Waals surface area contributed by atoms with E-state index >= 15 is 0 Å². The highest BCUT2D eigenvalue weighted by Gasteiger charge is 2.32. The molecule has 2 heterocycles. The van der Waals surface area contributed by atoms with Gasteiger partial charge in [0, 0.05) is 24.3 Å². The number of hydrogen-bond donors (Lipinski definition) is 1. The minimum absolute atomic E-state index is 0.00506. The fourth-order valence-corrected chi connectivity index (χ4v) is 4.14. The Labute approximate surface area is 167 Å². The van der Waals surface area contributed by atoms with Crippen molar-refractivity contribution in [2.75, 3.05) is 25.2 Å². The lowest BCUT2D eigenvalue weighted by Crippen LogP contribution is -2.52. The number of terminal acetylenes is 2. The summed E-state index contributed by atoms with van der Waals surface area (Å²) in [6, 6.07) is 5.72. The minimum Gasteiger partial charge on any atom is -0.367 e. The van der Waals surface area contributed by atoms with Gasteiger partial charge in [0.1, 0.15) is 12.6 Å². The van der Waals surface area contributed by atoms with E-state index in [-0.39, 0.29) is 30.5 Å². The maximum absolute atomic E-state index is 13.1. The van der Waals surface area contributed by atoms with Crippen molar-refractivity contribution < 1.29 is 9.53 Å². The number of anilines is 1. The predicted molar refractivity (Wildman–Crippen MR) is 113 cm³/mol. The molecule has 1 N–H and O–H groups in total. The van der Waals surface area contributed by atoms with Gasteiger partial charge in [-0.25, -0.2) is 0 Å². The molecular weight excluding hydrogens is 350 g/mol. The van der Waals surface area contributed by atoms with Crippen molar-refractivity contribution in [2.24, 2.45) is 5.92 Å². The maximum atomic E-state index is 13.1. The molecule has 5 heteroatoms. The van der Waals surface area contributed by atoms with E-state index in [9.17, 15) is 4.79 Å². The molecule has 1 aromatic heterocycles. The van der Waals surface area contributed by atoms with Gasteiger partial charge in [-0.05, 0) is 30.0 Å². The zero-order valence-electron chi connectivity index (χ0n) is 16.7. The van der Waals surface area contributed by atoms with Gasteiger partial charge in [0.15, 0.2) is 0 Å². The number of amides is 1. The van der Waals surface area contributed by atoms with E-state index in [1.807, 2.05) is 13.1 Å². The molecule has 0 aliphatic carbocycles. The summed E-state index contributed by atoms with van der Waals surface area (Å²) in [6.07, 6.45) is 13.6. The van der Waals surface area contributed by atoms with Gasteiger partial charge in [0.2, 0.25) is 5.91 Å². The summed E-state index contributed by atoms with van der Waals surface area (Å²) >= 11 is 0. The number of nitrogens with zero attached hydrogens (tertiary/aromatic N) is 2. The Morgan fingerprint density at radius 3 is 2.79 bits per heavy atom. The number of benzene rings is 1. The Kier molecular flexibility index (Phi) is 5.97. The predicted octanol–water partition coefficient (Wildman–Crippen LogP) is 2.43. The van der Waals surface area contributed by atoms with Crippen LogP contribution in [0, 0.1) is 30.6 Å². The largest absolute Gasteiger partial charge is 0.367 e. The second-order valence-corrected chi connectivity index (χ2v) is 7.59. The maximum Gasteiger partial charge on any atom is 0.243 e. The van der Waals surface area contributed by atoms with Gasteiger partial charge in [-0.2, -0.15) is 0 Å². The summed E-state index contributed by atoms with van der Waals surface area (Å²) in [5.41, 5.74) is 3.27. The van der Waals surface area contributed by atoms with E-state index in [0.717, 1.165) is 22.2 Å². The number of aromatic nitrogens is 1. The summed E-state index contributed by atoms with van der Waals surface area (Å²) in [5.74, 6) is 5.35. The molecule has 0 spiro atoms. The number of likely N-dealkylation sites (N-methyl/N-ethyl adjacent to an activating group) is 1. The fourth-order valence-electron chi connectivity index (χ4n) is 4.14. The van der Waals surface area contributed by atoms with E-state index in [1.54, 1.807) is 0 Å². The Balaban J connectivity index is 2.15. The van der Waals surface area contributed by atoms with E-state index < -0.39 is 0 Å². The second-order valence-electron chi connectivity index (χ2n) is 7.59. The Morgan fingerprint density at radius 1 is 1.32 bits per heavy atom. The lowest BCUT2D eigenvalue weighted by atomic mass is 10.0. The van der Waals surface area contributed by atoms with E-state index in [4.69, 9.17) is 17.6 Å². The molecule has 2 aromatic rings. The second kappa shape index (κ2) is 8.42. The third-order valence-corrected chi connectivity index (χ3v) is 5.24. The molecule has 0 saturated heterocycles. The number of carbonyl (C=O) groups is 1. The van der Waals surface area contributed by atoms with Crippen molar-refractivity contribution in [3.63, 3.8) is 0 Å². The molecule has 1 aliphatic rings. The van der Waals surface area contributed by atoms with Gasteiger partial charge in [0.25, 0.3) is 0 Å². The minimum atomic E-state index is -0.289. The third kappa shape index (κ3) is 3.72. The highest BCUT2D eigenvalue weighted by Crippen LogP contribution is 2.34. The van der Waals surface area contributed by atoms with Crippen LogP contribution in [0.5, 0.6) is 0 Å². The first-order chi connectivity index (χ1) is 13.5. The molecule has 0 saturated carbocycles. The van der Waals surface area contributed by atoms with Crippen molar-refractivity contribution in [2.45, 2.75) is 38.9 Å². The van der Waals surface area contributed by atoms with Crippen LogP contribution in [0.4, 0.5) is 5.69 Å². The quantitative estimate of drug-likeness (QED) is 0.643. The van der Waals surface area contributed by atoms with Crippen molar-refractivity contribution in [1.29, 1.82) is 0 Å². The molecule has 2 atom stereocenters. The highest BCUT2D eigenvalue weighted by atomic mass is 16.5. The number of hydrogen-bond acceptors (Lipinski definition) is 3. The molecule has 3 rings (SSSR count). The van der Waals surface area contributed by atoms with Crippen molar-refractivity contribution in [1.82, 2.24) is 9.88 Å². The van der Waals surface area contributed by atoms with Crippen molar-refractivity contribution in [3.8, 4) is 24.7 Å². The molecule has 1 amide bonds. The number of carbonyl (C=O) groups excluding carboxylic acids is 1. The Hall–Kier alpha value is -2.89. The fraction of sp³-hybridized carbons (Fsp3) is 0.435. The summed E-state index contributed by atoms with van der Waals surface area (Å²) in [5, 5.41) is 4.32. The van der Waals surface area contributed by atoms with Crippen LogP contribution in [-0.4, -0.2) is 42.8 Å². The SMILES string of the molecule is C#CCOC[C@@H]1Cc2cn(CC#C)c3cccc(c23)N(C)[C@@H](C(C)C)C(=O)N1. The zero-order chi connectivity index (χ0) is 20.3. The molecule has 0 radical (unpaired) electrons. The molecule has 5 nitrogen and oxygen atoms in total. The van der Waals surface area contributed by atoms with E-state index in [0.29, 0.717) is 19.6 Å². The smallest absolute Gasteiger partial charge is 0.243 e. The molecule has 146 valence electrons. The first kappa shape index (κ1) is 19.9. The Morgan fingerprint density at radius 2 is 2.11 bits per heavy atom. The molecule has 1 aliphatic heterocycles. The standard InChI is InChI=1S/C23H27N3O2/c1-6-11-26-14-17-13-18(15-28-12-7-2)24-23(27)22(16(3)4)25(5)19-9-8-10-20(26)21(17)19/h1-2,8-10,14,16,18,22H,11-13,15H2,3-5H3,(H,24,27)/t18-,22-/m0/s1. The number of nitrogens with one attached hydrogen (secondary N) is 1. The van der Waals surface area contributed by atoms with Gasteiger partial charge in [-0.1, -0.05) is 31.8 Å². The lowest BCUT2D eigenvalue weighted by Gasteiger charge is -2.32. The normalized spacial score (nSPS) is 19.5. The molecule has 28 heavy (non-hydrogen) atoms. The first-order valence-corrected chi connectivity index (χ1v) is 9.56. The molecule has 0 fully saturated rings. The average molecular weight is 377 g/mol. The van der Waals surface area contributed by atoms with Gasteiger partial charge in [0.05, 0.1) is 24.7 Å². The van der Waals surface area contributed by atoms with Crippen LogP contribution in [0.1, 0.15) is 19.4 Å². The van der Waals surface area contributed by atoms with Crippen molar-refractivity contribution >= 4 is 22.5 Å². The molecule has 0 unspecified atom stereocenters. The van der Waals surface area contributed by atoms with Gasteiger partial charge in [-0.15, -0.1) is 12.8 Å². The van der Waals surface area contributed by atoms with Gasteiger partial charge >= 0.3 is 0 Å². The summed E-state index contributed by atoms with van der Waals surface area (Å²) < 4.78 is 7.66. The molecule has 0 bridgehead atoms.